The maximum Gasteiger partial charge on any atom is 0.151 e. The zero-order valence-electron chi connectivity index (χ0n) is 12.1. The first-order chi connectivity index (χ1) is 10.3. The lowest BCUT2D eigenvalue weighted by atomic mass is 10.00. The smallest absolute Gasteiger partial charge is 0.151 e. The van der Waals surface area contributed by atoms with Crippen LogP contribution >= 0.6 is 0 Å². The lowest BCUT2D eigenvalue weighted by Crippen LogP contribution is -2.31. The molecule has 0 spiro atoms. The second kappa shape index (κ2) is 4.85. The van der Waals surface area contributed by atoms with Crippen molar-refractivity contribution in [3.8, 4) is 0 Å². The van der Waals surface area contributed by atoms with E-state index in [4.69, 9.17) is 9.97 Å². The van der Waals surface area contributed by atoms with Crippen molar-refractivity contribution in [1.82, 2.24) is 9.97 Å². The van der Waals surface area contributed by atoms with Crippen molar-refractivity contribution in [3.05, 3.63) is 65.4 Å². The van der Waals surface area contributed by atoms with Crippen LogP contribution in [0.3, 0.4) is 0 Å². The molecule has 0 bridgehead atoms. The molecule has 1 aliphatic heterocycles. The van der Waals surface area contributed by atoms with Crippen LogP contribution in [0.4, 0.5) is 5.82 Å². The molecule has 1 aliphatic rings. The molecular weight excluding hydrogens is 258 g/mol. The van der Waals surface area contributed by atoms with Crippen molar-refractivity contribution in [2.24, 2.45) is 0 Å². The molecular formula is C18H17N3. The highest BCUT2D eigenvalue weighted by Gasteiger charge is 2.19. The van der Waals surface area contributed by atoms with E-state index in [-0.39, 0.29) is 0 Å². The van der Waals surface area contributed by atoms with E-state index in [1.807, 2.05) is 24.3 Å². The van der Waals surface area contributed by atoms with E-state index >= 15 is 0 Å². The van der Waals surface area contributed by atoms with Gasteiger partial charge in [0.15, 0.2) is 5.82 Å². The van der Waals surface area contributed by atoms with E-state index in [2.05, 4.69) is 36.1 Å². The van der Waals surface area contributed by atoms with Gasteiger partial charge in [-0.05, 0) is 36.6 Å². The van der Waals surface area contributed by atoms with E-state index in [1.165, 1.54) is 11.1 Å². The van der Waals surface area contributed by atoms with Gasteiger partial charge in [0.25, 0.3) is 0 Å². The Bertz CT molecular complexity index is 810. The average Bonchev–Trinajstić information content (AvgIpc) is 2.54. The predicted molar refractivity (Wildman–Crippen MR) is 85.5 cm³/mol. The largest absolute Gasteiger partial charge is 0.350 e. The molecule has 0 saturated carbocycles. The summed E-state index contributed by atoms with van der Waals surface area (Å²) in [7, 11) is 0. The highest BCUT2D eigenvalue weighted by atomic mass is 15.2. The highest BCUT2D eigenvalue weighted by molar-refractivity contribution is 5.76. The topological polar surface area (TPSA) is 29.0 Å². The number of hydrogen-bond acceptors (Lipinski definition) is 3. The Kier molecular flexibility index (Phi) is 2.85. The summed E-state index contributed by atoms with van der Waals surface area (Å²) >= 11 is 0. The second-order valence-electron chi connectivity index (χ2n) is 5.56. The quantitative estimate of drug-likeness (QED) is 0.680. The van der Waals surface area contributed by atoms with Crippen molar-refractivity contribution in [2.45, 2.75) is 19.9 Å². The van der Waals surface area contributed by atoms with E-state index in [0.29, 0.717) is 0 Å². The molecule has 4 rings (SSSR count). The molecule has 0 radical (unpaired) electrons. The third kappa shape index (κ3) is 2.15. The molecule has 0 amide bonds. The number of aryl methyl sites for hydroxylation is 1. The zero-order valence-corrected chi connectivity index (χ0v) is 12.1. The van der Waals surface area contributed by atoms with Crippen LogP contribution in [-0.2, 0) is 13.0 Å². The first kappa shape index (κ1) is 12.3. The fraction of sp³-hybridized carbons (Fsp3) is 0.222. The Morgan fingerprint density at radius 3 is 2.33 bits per heavy atom. The SMILES string of the molecule is Cc1nc2ccccc2nc1N1CCc2ccccc2C1. The van der Waals surface area contributed by atoms with Gasteiger partial charge in [0.2, 0.25) is 0 Å². The van der Waals surface area contributed by atoms with E-state index in [9.17, 15) is 0 Å². The van der Waals surface area contributed by atoms with E-state index < -0.39 is 0 Å². The van der Waals surface area contributed by atoms with Gasteiger partial charge in [-0.25, -0.2) is 9.97 Å². The highest BCUT2D eigenvalue weighted by Crippen LogP contribution is 2.26. The zero-order chi connectivity index (χ0) is 14.2. The molecule has 2 aromatic carbocycles. The van der Waals surface area contributed by atoms with Crippen LogP contribution in [0.5, 0.6) is 0 Å². The first-order valence-electron chi connectivity index (χ1n) is 7.36. The normalized spacial score (nSPS) is 14.2. The Hall–Kier alpha value is -2.42. The van der Waals surface area contributed by atoms with Crippen LogP contribution < -0.4 is 4.90 Å². The molecule has 0 fully saturated rings. The van der Waals surface area contributed by atoms with Gasteiger partial charge in [0, 0.05) is 13.1 Å². The third-order valence-corrected chi connectivity index (χ3v) is 4.15. The summed E-state index contributed by atoms with van der Waals surface area (Å²) in [4.78, 5) is 11.9. The number of hydrogen-bond donors (Lipinski definition) is 0. The fourth-order valence-electron chi connectivity index (χ4n) is 3.05. The van der Waals surface area contributed by atoms with Crippen LogP contribution in [0.25, 0.3) is 11.0 Å². The van der Waals surface area contributed by atoms with Crippen molar-refractivity contribution < 1.29 is 0 Å². The van der Waals surface area contributed by atoms with Gasteiger partial charge in [0.1, 0.15) is 0 Å². The van der Waals surface area contributed by atoms with Crippen LogP contribution in [-0.4, -0.2) is 16.5 Å². The molecule has 0 aliphatic carbocycles. The Morgan fingerprint density at radius 1 is 0.857 bits per heavy atom. The number of benzene rings is 2. The summed E-state index contributed by atoms with van der Waals surface area (Å²) in [5.74, 6) is 1.02. The molecule has 3 aromatic rings. The van der Waals surface area contributed by atoms with Crippen molar-refractivity contribution in [2.75, 3.05) is 11.4 Å². The molecule has 3 nitrogen and oxygen atoms in total. The van der Waals surface area contributed by atoms with E-state index in [0.717, 1.165) is 42.1 Å². The summed E-state index contributed by atoms with van der Waals surface area (Å²) < 4.78 is 0. The van der Waals surface area contributed by atoms with Crippen LogP contribution in [0.15, 0.2) is 48.5 Å². The van der Waals surface area contributed by atoms with E-state index in [1.54, 1.807) is 0 Å². The number of fused-ring (bicyclic) bond motifs is 2. The molecule has 3 heteroatoms. The van der Waals surface area contributed by atoms with Gasteiger partial charge in [-0.3, -0.25) is 0 Å². The van der Waals surface area contributed by atoms with Crippen molar-refractivity contribution in [1.29, 1.82) is 0 Å². The van der Waals surface area contributed by atoms with Crippen molar-refractivity contribution >= 4 is 16.9 Å². The third-order valence-electron chi connectivity index (χ3n) is 4.15. The molecule has 21 heavy (non-hydrogen) atoms. The minimum absolute atomic E-state index is 0.921. The molecule has 0 unspecified atom stereocenters. The summed E-state index contributed by atoms with van der Waals surface area (Å²) in [6, 6.07) is 16.7. The standard InChI is InChI=1S/C18H17N3/c1-13-18(20-17-9-5-4-8-16(17)19-13)21-11-10-14-6-2-3-7-15(14)12-21/h2-9H,10-12H2,1H3. The first-order valence-corrected chi connectivity index (χ1v) is 7.36. The predicted octanol–water partition coefficient (Wildman–Crippen LogP) is 3.50. The van der Waals surface area contributed by atoms with Gasteiger partial charge >= 0.3 is 0 Å². The van der Waals surface area contributed by atoms with Crippen LogP contribution in [0.2, 0.25) is 0 Å². The monoisotopic (exact) mass is 275 g/mol. The Balaban J connectivity index is 1.76. The van der Waals surface area contributed by atoms with Crippen LogP contribution in [0.1, 0.15) is 16.8 Å². The lowest BCUT2D eigenvalue weighted by Gasteiger charge is -2.30. The van der Waals surface area contributed by atoms with Gasteiger partial charge < -0.3 is 4.90 Å². The lowest BCUT2D eigenvalue weighted by molar-refractivity contribution is 0.717. The number of aromatic nitrogens is 2. The molecule has 2 heterocycles. The summed E-state index contributed by atoms with van der Waals surface area (Å²) in [5.41, 5.74) is 5.81. The number of rotatable bonds is 1. The van der Waals surface area contributed by atoms with Gasteiger partial charge in [-0.15, -0.1) is 0 Å². The number of anilines is 1. The molecule has 0 saturated heterocycles. The maximum absolute atomic E-state index is 4.83. The summed E-state index contributed by atoms with van der Waals surface area (Å²) in [5, 5.41) is 0. The Morgan fingerprint density at radius 2 is 1.52 bits per heavy atom. The fourth-order valence-corrected chi connectivity index (χ4v) is 3.05. The molecule has 0 atom stereocenters. The van der Waals surface area contributed by atoms with Crippen LogP contribution in [0, 0.1) is 6.92 Å². The van der Waals surface area contributed by atoms with Gasteiger partial charge in [0.05, 0.1) is 16.7 Å². The van der Waals surface area contributed by atoms with Gasteiger partial charge in [-0.2, -0.15) is 0 Å². The minimum atomic E-state index is 0.921. The summed E-state index contributed by atoms with van der Waals surface area (Å²) in [6.45, 7) is 3.98. The average molecular weight is 275 g/mol. The maximum atomic E-state index is 4.83. The van der Waals surface area contributed by atoms with Crippen molar-refractivity contribution in [3.63, 3.8) is 0 Å². The number of nitrogens with zero attached hydrogens (tertiary/aromatic N) is 3. The second-order valence-corrected chi connectivity index (χ2v) is 5.56. The summed E-state index contributed by atoms with van der Waals surface area (Å²) in [6.07, 6.45) is 1.07. The molecule has 104 valence electrons. The molecule has 1 aromatic heterocycles. The molecule has 0 N–H and O–H groups in total. The van der Waals surface area contributed by atoms with Gasteiger partial charge in [-0.1, -0.05) is 36.4 Å². The Labute approximate surface area is 124 Å². The number of para-hydroxylation sites is 2. The minimum Gasteiger partial charge on any atom is -0.350 e.